The molecule has 2 N–H and O–H groups in total. The van der Waals surface area contributed by atoms with Crippen molar-refractivity contribution in [3.05, 3.63) is 29.9 Å². The minimum Gasteiger partial charge on any atom is -0.437 e. The number of rotatable bonds is 6. The molecule has 1 atom stereocenters. The first-order valence-corrected chi connectivity index (χ1v) is 6.98. The number of nitrogens with zero attached hydrogens (tertiary/aromatic N) is 3. The third-order valence-corrected chi connectivity index (χ3v) is 3.15. The number of pyridine rings is 1. The Bertz CT molecular complexity index is 668. The molecule has 116 valence electrons. The molecule has 1 unspecified atom stereocenters. The van der Waals surface area contributed by atoms with Crippen molar-refractivity contribution < 1.29 is 18.8 Å². The van der Waals surface area contributed by atoms with E-state index >= 15 is 0 Å². The molecule has 0 radical (unpaired) electrons. The van der Waals surface area contributed by atoms with Gasteiger partial charge in [-0.05, 0) is 31.9 Å². The minimum absolute atomic E-state index is 0.182. The number of aromatic nitrogens is 3. The zero-order valence-corrected chi connectivity index (χ0v) is 12.1. The summed E-state index contributed by atoms with van der Waals surface area (Å²) >= 11 is 0. The van der Waals surface area contributed by atoms with E-state index < -0.39 is 12.2 Å². The van der Waals surface area contributed by atoms with Crippen LogP contribution in [0.2, 0.25) is 0 Å². The molecule has 0 saturated heterocycles. The quantitative estimate of drug-likeness (QED) is 0.867. The van der Waals surface area contributed by atoms with Crippen LogP contribution in [0.1, 0.15) is 37.5 Å². The Morgan fingerprint density at radius 2 is 2.36 bits per heavy atom. The maximum Gasteiger partial charge on any atom is 0.405 e. The summed E-state index contributed by atoms with van der Waals surface area (Å²) in [5, 5.41) is 3.88. The smallest absolute Gasteiger partial charge is 0.405 e. The second-order valence-corrected chi connectivity index (χ2v) is 5.08. The highest BCUT2D eigenvalue weighted by molar-refractivity contribution is 5.64. The zero-order chi connectivity index (χ0) is 15.5. The number of ether oxygens (including phenoxy) is 2. The van der Waals surface area contributed by atoms with Crippen molar-refractivity contribution >= 4 is 6.09 Å². The molecule has 8 nitrogen and oxygen atoms in total. The molecular formula is C14H16N4O4. The largest absolute Gasteiger partial charge is 0.437 e. The Labute approximate surface area is 126 Å². The maximum atomic E-state index is 10.7. The molecule has 0 spiro atoms. The Kier molecular flexibility index (Phi) is 4.01. The number of nitrogens with two attached hydrogens (primary N) is 1. The first kappa shape index (κ1) is 14.5. The summed E-state index contributed by atoms with van der Waals surface area (Å²) in [5.41, 5.74) is 6.52. The van der Waals surface area contributed by atoms with Gasteiger partial charge in [0.1, 0.15) is 0 Å². The first-order valence-electron chi connectivity index (χ1n) is 6.98. The molecule has 0 aromatic carbocycles. The lowest BCUT2D eigenvalue weighted by Gasteiger charge is -2.05. The van der Waals surface area contributed by atoms with E-state index in [-0.39, 0.29) is 5.89 Å². The summed E-state index contributed by atoms with van der Waals surface area (Å²) in [6.45, 7) is 2.06. The molecule has 2 aromatic heterocycles. The molecule has 8 heteroatoms. The Balaban J connectivity index is 1.71. The fourth-order valence-corrected chi connectivity index (χ4v) is 1.88. The van der Waals surface area contributed by atoms with Crippen molar-refractivity contribution in [2.24, 2.45) is 5.73 Å². The molecule has 22 heavy (non-hydrogen) atoms. The number of carbonyl (C=O) groups is 1. The van der Waals surface area contributed by atoms with Gasteiger partial charge in [-0.3, -0.25) is 4.98 Å². The highest BCUT2D eigenvalue weighted by atomic mass is 16.6. The van der Waals surface area contributed by atoms with Gasteiger partial charge in [-0.2, -0.15) is 4.98 Å². The van der Waals surface area contributed by atoms with Gasteiger partial charge in [0.2, 0.25) is 5.82 Å². The fraction of sp³-hybridized carbons (Fsp3) is 0.429. The highest BCUT2D eigenvalue weighted by Crippen LogP contribution is 2.25. The average molecular weight is 304 g/mol. The predicted molar refractivity (Wildman–Crippen MR) is 74.4 cm³/mol. The molecule has 2 aromatic rings. The summed E-state index contributed by atoms with van der Waals surface area (Å²) in [4.78, 5) is 19.2. The van der Waals surface area contributed by atoms with Crippen LogP contribution in [0.5, 0.6) is 0 Å². The van der Waals surface area contributed by atoms with Crippen molar-refractivity contribution in [2.45, 2.75) is 38.6 Å². The second kappa shape index (κ2) is 6.10. The van der Waals surface area contributed by atoms with Gasteiger partial charge >= 0.3 is 6.09 Å². The maximum absolute atomic E-state index is 10.7. The van der Waals surface area contributed by atoms with Crippen LogP contribution >= 0.6 is 0 Å². The van der Waals surface area contributed by atoms with E-state index in [1.165, 1.54) is 0 Å². The van der Waals surface area contributed by atoms with Crippen LogP contribution in [0.25, 0.3) is 11.4 Å². The van der Waals surface area contributed by atoms with E-state index in [2.05, 4.69) is 15.1 Å². The molecule has 0 bridgehead atoms. The van der Waals surface area contributed by atoms with E-state index in [9.17, 15) is 4.79 Å². The van der Waals surface area contributed by atoms with Crippen LogP contribution in [0.3, 0.4) is 0 Å². The molecule has 3 rings (SSSR count). The molecule has 1 saturated carbocycles. The Morgan fingerprint density at radius 3 is 3.09 bits per heavy atom. The molecular weight excluding hydrogens is 288 g/mol. The van der Waals surface area contributed by atoms with Crippen molar-refractivity contribution in [3.63, 3.8) is 0 Å². The zero-order valence-electron chi connectivity index (χ0n) is 12.1. The Morgan fingerprint density at radius 1 is 1.55 bits per heavy atom. The van der Waals surface area contributed by atoms with Crippen LogP contribution in [0.15, 0.2) is 22.9 Å². The number of amides is 1. The van der Waals surface area contributed by atoms with Gasteiger partial charge in [0.25, 0.3) is 5.89 Å². The van der Waals surface area contributed by atoms with Crippen molar-refractivity contribution in [1.82, 2.24) is 15.1 Å². The third kappa shape index (κ3) is 3.59. The normalized spacial score (nSPS) is 15.5. The van der Waals surface area contributed by atoms with Gasteiger partial charge in [0.15, 0.2) is 6.10 Å². The van der Waals surface area contributed by atoms with Crippen molar-refractivity contribution in [1.29, 1.82) is 0 Å². The first-order chi connectivity index (χ1) is 10.6. The molecule has 0 aliphatic heterocycles. The average Bonchev–Trinajstić information content (AvgIpc) is 3.18. The van der Waals surface area contributed by atoms with Crippen molar-refractivity contribution in [2.75, 3.05) is 0 Å². The summed E-state index contributed by atoms with van der Waals surface area (Å²) in [6, 6.07) is 3.62. The van der Waals surface area contributed by atoms with E-state index in [1.807, 2.05) is 6.07 Å². The number of hydrogen-bond donors (Lipinski definition) is 1. The van der Waals surface area contributed by atoms with Crippen LogP contribution in [-0.2, 0) is 16.1 Å². The molecule has 1 aliphatic carbocycles. The van der Waals surface area contributed by atoms with Gasteiger partial charge in [-0.1, -0.05) is 5.16 Å². The van der Waals surface area contributed by atoms with E-state index in [1.54, 1.807) is 19.2 Å². The second-order valence-electron chi connectivity index (χ2n) is 5.08. The lowest BCUT2D eigenvalue weighted by atomic mass is 10.2. The lowest BCUT2D eigenvalue weighted by molar-refractivity contribution is 0.0959. The minimum atomic E-state index is -0.893. The van der Waals surface area contributed by atoms with Crippen molar-refractivity contribution in [3.8, 4) is 11.4 Å². The van der Waals surface area contributed by atoms with Gasteiger partial charge in [0, 0.05) is 11.8 Å². The predicted octanol–water partition coefficient (Wildman–Crippen LogP) is 1.97. The molecule has 1 fully saturated rings. The number of carbonyl (C=O) groups excluding carboxylic acids is 1. The summed E-state index contributed by atoms with van der Waals surface area (Å²) in [6.07, 6.45) is 2.68. The monoisotopic (exact) mass is 304 g/mol. The van der Waals surface area contributed by atoms with Gasteiger partial charge in [-0.15, -0.1) is 0 Å². The molecule has 2 heterocycles. The number of primary amides is 1. The topological polar surface area (TPSA) is 113 Å². The van der Waals surface area contributed by atoms with Crippen LogP contribution in [0.4, 0.5) is 4.79 Å². The van der Waals surface area contributed by atoms with E-state index in [4.69, 9.17) is 19.7 Å². The summed E-state index contributed by atoms with van der Waals surface area (Å²) in [5.74, 6) is 0.575. The summed E-state index contributed by atoms with van der Waals surface area (Å²) < 4.78 is 15.5. The summed E-state index contributed by atoms with van der Waals surface area (Å²) in [7, 11) is 0. The third-order valence-electron chi connectivity index (χ3n) is 3.15. The number of hydrogen-bond acceptors (Lipinski definition) is 7. The standard InChI is InChI=1S/C14H16N4O4/c1-8(21-14(15)19)13-17-12(18-22-13)9-4-5-16-10(6-9)7-20-11-2-3-11/h4-6,8,11H,2-3,7H2,1H3,(H2,15,19). The van der Waals surface area contributed by atoms with Gasteiger partial charge < -0.3 is 19.7 Å². The van der Waals surface area contributed by atoms with Crippen LogP contribution in [0, 0.1) is 0 Å². The van der Waals surface area contributed by atoms with E-state index in [0.29, 0.717) is 18.5 Å². The Hall–Kier alpha value is -2.48. The van der Waals surface area contributed by atoms with Gasteiger partial charge in [0.05, 0.1) is 18.4 Å². The molecule has 1 aliphatic rings. The SMILES string of the molecule is CC(OC(N)=O)c1nc(-c2ccnc(COC3CC3)c2)no1. The van der Waals surface area contributed by atoms with Gasteiger partial charge in [-0.25, -0.2) is 4.79 Å². The van der Waals surface area contributed by atoms with Crippen LogP contribution in [-0.4, -0.2) is 27.3 Å². The van der Waals surface area contributed by atoms with Crippen LogP contribution < -0.4 is 5.73 Å². The highest BCUT2D eigenvalue weighted by Gasteiger charge is 2.22. The lowest BCUT2D eigenvalue weighted by Crippen LogP contribution is -2.15. The molecule has 1 amide bonds. The fourth-order valence-electron chi connectivity index (χ4n) is 1.88. The van der Waals surface area contributed by atoms with E-state index in [0.717, 1.165) is 24.1 Å².